The summed E-state index contributed by atoms with van der Waals surface area (Å²) >= 11 is 0. The van der Waals surface area contributed by atoms with Crippen molar-refractivity contribution in [1.82, 2.24) is 0 Å². The minimum absolute atomic E-state index is 0.0281. The molecule has 23 heavy (non-hydrogen) atoms. The summed E-state index contributed by atoms with van der Waals surface area (Å²) in [5, 5.41) is 2.52. The Balaban J connectivity index is 2.08. The molecule has 0 aromatic heterocycles. The monoisotopic (exact) mass is 324 g/mol. The molecule has 0 aliphatic carbocycles. The van der Waals surface area contributed by atoms with Gasteiger partial charge in [-0.25, -0.2) is 8.78 Å². The molecule has 0 radical (unpaired) electrons. The summed E-state index contributed by atoms with van der Waals surface area (Å²) in [6.45, 7) is 2.05. The Morgan fingerprint density at radius 2 is 1.26 bits per heavy atom. The molecule has 3 aromatic carbocycles. The van der Waals surface area contributed by atoms with Gasteiger partial charge >= 0.3 is 0 Å². The standard InChI is InChI=1S/C20H18F2Si/c1-15(19-13-12-16(21)14-20(19)22)23(17-8-4-2-5-9-17)18-10-6-3-7-11-18/h2-15,23H,1H3/t15-/m1/s1. The maximum atomic E-state index is 14.3. The zero-order chi connectivity index (χ0) is 16.2. The van der Waals surface area contributed by atoms with Crippen LogP contribution in [0.2, 0.25) is 0 Å². The van der Waals surface area contributed by atoms with Gasteiger partial charge in [0.1, 0.15) is 20.4 Å². The molecule has 0 saturated carbocycles. The zero-order valence-corrected chi connectivity index (χ0v) is 14.1. The molecular weight excluding hydrogens is 306 g/mol. The third-order valence-corrected chi connectivity index (χ3v) is 7.84. The second kappa shape index (κ2) is 6.88. The summed E-state index contributed by atoms with van der Waals surface area (Å²) in [6.07, 6.45) is 0. The van der Waals surface area contributed by atoms with E-state index in [2.05, 4.69) is 24.3 Å². The highest BCUT2D eigenvalue weighted by atomic mass is 28.3. The number of hydrogen-bond donors (Lipinski definition) is 0. The molecule has 0 heterocycles. The summed E-state index contributed by atoms with van der Waals surface area (Å²) in [5.74, 6) is -0.988. The maximum absolute atomic E-state index is 14.3. The lowest BCUT2D eigenvalue weighted by Gasteiger charge is -2.24. The molecule has 0 spiro atoms. The first-order valence-electron chi connectivity index (χ1n) is 7.71. The van der Waals surface area contributed by atoms with Crippen LogP contribution >= 0.6 is 0 Å². The van der Waals surface area contributed by atoms with E-state index in [1.54, 1.807) is 6.07 Å². The average Bonchev–Trinajstić information content (AvgIpc) is 2.57. The van der Waals surface area contributed by atoms with Gasteiger partial charge < -0.3 is 0 Å². The van der Waals surface area contributed by atoms with Crippen molar-refractivity contribution in [2.75, 3.05) is 0 Å². The molecule has 3 aromatic rings. The zero-order valence-electron chi connectivity index (χ0n) is 12.9. The van der Waals surface area contributed by atoms with Gasteiger partial charge in [-0.05, 0) is 17.2 Å². The third-order valence-electron chi connectivity index (χ3n) is 4.27. The molecule has 0 nitrogen and oxygen atoms in total. The van der Waals surface area contributed by atoms with E-state index in [0.29, 0.717) is 5.56 Å². The fourth-order valence-electron chi connectivity index (χ4n) is 3.14. The van der Waals surface area contributed by atoms with Gasteiger partial charge in [-0.15, -0.1) is 0 Å². The van der Waals surface area contributed by atoms with Crippen LogP contribution < -0.4 is 10.4 Å². The second-order valence-corrected chi connectivity index (χ2v) is 9.04. The van der Waals surface area contributed by atoms with E-state index in [0.717, 1.165) is 6.07 Å². The normalized spacial score (nSPS) is 12.3. The Bertz CT molecular complexity index is 733. The molecule has 116 valence electrons. The van der Waals surface area contributed by atoms with Crippen molar-refractivity contribution in [1.29, 1.82) is 0 Å². The number of benzene rings is 3. The lowest BCUT2D eigenvalue weighted by molar-refractivity contribution is 0.572. The largest absolute Gasteiger partial charge is 0.207 e. The van der Waals surface area contributed by atoms with Crippen molar-refractivity contribution in [2.24, 2.45) is 0 Å². The molecule has 0 unspecified atom stereocenters. The van der Waals surface area contributed by atoms with Crippen LogP contribution in [0.3, 0.4) is 0 Å². The first-order valence-corrected chi connectivity index (χ1v) is 9.54. The van der Waals surface area contributed by atoms with Gasteiger partial charge in [0.2, 0.25) is 0 Å². The predicted molar refractivity (Wildman–Crippen MR) is 94.1 cm³/mol. The van der Waals surface area contributed by atoms with E-state index in [-0.39, 0.29) is 5.54 Å². The van der Waals surface area contributed by atoms with Crippen molar-refractivity contribution in [2.45, 2.75) is 12.5 Å². The van der Waals surface area contributed by atoms with E-state index in [1.165, 1.54) is 16.4 Å². The molecule has 0 aliphatic rings. The SMILES string of the molecule is C[C@H](c1ccc(F)cc1F)[SiH](c1ccccc1)c1ccccc1. The lowest BCUT2D eigenvalue weighted by atomic mass is 10.1. The smallest absolute Gasteiger partial charge is 0.129 e. The summed E-state index contributed by atoms with van der Waals surface area (Å²) < 4.78 is 27.5. The van der Waals surface area contributed by atoms with Gasteiger partial charge in [-0.1, -0.05) is 84.0 Å². The highest BCUT2D eigenvalue weighted by molar-refractivity contribution is 6.86. The Kier molecular flexibility index (Phi) is 4.67. The van der Waals surface area contributed by atoms with Crippen LogP contribution in [0.1, 0.15) is 18.0 Å². The van der Waals surface area contributed by atoms with Crippen LogP contribution in [0.15, 0.2) is 78.9 Å². The Labute approximate surface area is 137 Å². The molecule has 1 atom stereocenters. The topological polar surface area (TPSA) is 0 Å². The Morgan fingerprint density at radius 3 is 1.74 bits per heavy atom. The van der Waals surface area contributed by atoms with Crippen molar-refractivity contribution in [3.8, 4) is 0 Å². The fourth-order valence-corrected chi connectivity index (χ4v) is 6.58. The average molecular weight is 324 g/mol. The minimum atomic E-state index is -1.68. The van der Waals surface area contributed by atoms with Crippen LogP contribution in [-0.4, -0.2) is 8.80 Å². The fraction of sp³-hybridized carbons (Fsp3) is 0.100. The van der Waals surface area contributed by atoms with Crippen molar-refractivity contribution < 1.29 is 8.78 Å². The van der Waals surface area contributed by atoms with Gasteiger partial charge in [-0.2, -0.15) is 0 Å². The van der Waals surface area contributed by atoms with E-state index < -0.39 is 20.4 Å². The third kappa shape index (κ3) is 3.40. The van der Waals surface area contributed by atoms with Crippen molar-refractivity contribution in [3.63, 3.8) is 0 Å². The lowest BCUT2D eigenvalue weighted by Crippen LogP contribution is -2.46. The van der Waals surface area contributed by atoms with Crippen LogP contribution in [0.5, 0.6) is 0 Å². The van der Waals surface area contributed by atoms with Gasteiger partial charge in [0.05, 0.1) is 0 Å². The predicted octanol–water partition coefficient (Wildman–Crippen LogP) is 3.65. The molecule has 0 saturated heterocycles. The highest BCUT2D eigenvalue weighted by Crippen LogP contribution is 2.22. The molecule has 0 amide bonds. The van der Waals surface area contributed by atoms with E-state index >= 15 is 0 Å². The highest BCUT2D eigenvalue weighted by Gasteiger charge is 2.26. The van der Waals surface area contributed by atoms with Crippen LogP contribution in [0, 0.1) is 11.6 Å². The summed E-state index contributed by atoms with van der Waals surface area (Å²) in [4.78, 5) is 0. The number of rotatable bonds is 4. The van der Waals surface area contributed by atoms with Gasteiger partial charge in [0.25, 0.3) is 0 Å². The van der Waals surface area contributed by atoms with Gasteiger partial charge in [-0.3, -0.25) is 0 Å². The summed E-state index contributed by atoms with van der Waals surface area (Å²) in [7, 11) is -1.68. The molecule has 0 bridgehead atoms. The first-order chi connectivity index (χ1) is 11.2. The second-order valence-electron chi connectivity index (χ2n) is 5.75. The Morgan fingerprint density at radius 1 is 0.739 bits per heavy atom. The molecule has 0 fully saturated rings. The van der Waals surface area contributed by atoms with Gasteiger partial charge in [0, 0.05) is 6.07 Å². The Hall–Kier alpha value is -2.26. The minimum Gasteiger partial charge on any atom is -0.207 e. The quantitative estimate of drug-likeness (QED) is 0.643. The van der Waals surface area contributed by atoms with Crippen LogP contribution in [0.4, 0.5) is 8.78 Å². The summed E-state index contributed by atoms with van der Waals surface area (Å²) in [6, 6.07) is 24.4. The van der Waals surface area contributed by atoms with Crippen LogP contribution in [0.25, 0.3) is 0 Å². The molecule has 0 N–H and O–H groups in total. The number of hydrogen-bond acceptors (Lipinski definition) is 0. The maximum Gasteiger partial charge on any atom is 0.129 e. The van der Waals surface area contributed by atoms with Crippen molar-refractivity contribution in [3.05, 3.63) is 96.1 Å². The molecule has 3 heteroatoms. The van der Waals surface area contributed by atoms with E-state index in [4.69, 9.17) is 0 Å². The summed E-state index contributed by atoms with van der Waals surface area (Å²) in [5.41, 5.74) is 0.621. The number of halogens is 2. The molecule has 0 aliphatic heterocycles. The van der Waals surface area contributed by atoms with Crippen molar-refractivity contribution >= 4 is 19.2 Å². The van der Waals surface area contributed by atoms with E-state index in [1.807, 2.05) is 43.3 Å². The van der Waals surface area contributed by atoms with Crippen LogP contribution in [-0.2, 0) is 0 Å². The molecular formula is C20H18F2Si. The van der Waals surface area contributed by atoms with Gasteiger partial charge in [0.15, 0.2) is 0 Å². The molecule has 3 rings (SSSR count). The first kappa shape index (κ1) is 15.6. The van der Waals surface area contributed by atoms with E-state index in [9.17, 15) is 8.78 Å².